The van der Waals surface area contributed by atoms with Gasteiger partial charge in [-0.25, -0.2) is 0 Å². The third-order valence-electron chi connectivity index (χ3n) is 2.87. The minimum absolute atomic E-state index is 0.0334. The molecule has 0 radical (unpaired) electrons. The third-order valence-corrected chi connectivity index (χ3v) is 2.87. The van der Waals surface area contributed by atoms with Crippen molar-refractivity contribution in [1.29, 1.82) is 0 Å². The number of nitrogens with one attached hydrogen (secondary N) is 1. The zero-order valence-electron chi connectivity index (χ0n) is 12.2. The Morgan fingerprint density at radius 1 is 1.50 bits per heavy atom. The molecule has 6 heteroatoms. The lowest BCUT2D eigenvalue weighted by Crippen LogP contribution is -2.30. The number of nitrogens with zero attached hydrogens (tertiary/aromatic N) is 1. The molecule has 0 saturated carbocycles. The zero-order valence-corrected chi connectivity index (χ0v) is 12.2. The van der Waals surface area contributed by atoms with Gasteiger partial charge in [0.05, 0.1) is 19.3 Å². The Hall–Kier alpha value is -1.79. The fourth-order valence-corrected chi connectivity index (χ4v) is 1.76. The Balaban J connectivity index is 2.72. The van der Waals surface area contributed by atoms with Crippen molar-refractivity contribution in [3.63, 3.8) is 0 Å². The van der Waals surface area contributed by atoms with Crippen molar-refractivity contribution >= 4 is 5.84 Å². The van der Waals surface area contributed by atoms with E-state index in [1.807, 2.05) is 19.1 Å². The highest BCUT2D eigenvalue weighted by atomic mass is 16.5. The summed E-state index contributed by atoms with van der Waals surface area (Å²) in [4.78, 5) is 0. The number of nitrogens with two attached hydrogens (primary N) is 1. The maximum atomic E-state index is 8.79. The first-order valence-electron chi connectivity index (χ1n) is 6.58. The van der Waals surface area contributed by atoms with Gasteiger partial charge in [0.1, 0.15) is 5.75 Å². The van der Waals surface area contributed by atoms with Gasteiger partial charge in [-0.2, -0.15) is 0 Å². The Morgan fingerprint density at radius 3 is 2.85 bits per heavy atom. The van der Waals surface area contributed by atoms with Crippen LogP contribution in [0.15, 0.2) is 23.4 Å². The molecule has 0 aliphatic carbocycles. The molecule has 4 N–H and O–H groups in total. The van der Waals surface area contributed by atoms with E-state index in [-0.39, 0.29) is 11.9 Å². The van der Waals surface area contributed by atoms with Crippen LogP contribution in [-0.2, 0) is 11.3 Å². The number of benzene rings is 1. The number of oxime groups is 1. The first-order valence-corrected chi connectivity index (χ1v) is 6.58. The van der Waals surface area contributed by atoms with E-state index in [1.165, 1.54) is 0 Å². The lowest BCUT2D eigenvalue weighted by molar-refractivity contribution is 0.127. The van der Waals surface area contributed by atoms with Crippen molar-refractivity contribution in [2.45, 2.75) is 26.4 Å². The van der Waals surface area contributed by atoms with E-state index in [9.17, 15) is 0 Å². The van der Waals surface area contributed by atoms with E-state index in [0.717, 1.165) is 5.56 Å². The smallest absolute Gasteiger partial charge is 0.173 e. The fourth-order valence-electron chi connectivity index (χ4n) is 1.76. The molecule has 0 heterocycles. The summed E-state index contributed by atoms with van der Waals surface area (Å²) in [5.74, 6) is 0.609. The number of ether oxygens (including phenoxy) is 2. The lowest BCUT2D eigenvalue weighted by Gasteiger charge is -2.15. The van der Waals surface area contributed by atoms with Crippen LogP contribution >= 0.6 is 0 Å². The lowest BCUT2D eigenvalue weighted by atomic mass is 10.1. The zero-order chi connectivity index (χ0) is 15.0. The minimum Gasteiger partial charge on any atom is -0.496 e. The average molecular weight is 281 g/mol. The largest absolute Gasteiger partial charge is 0.496 e. The van der Waals surface area contributed by atoms with E-state index in [0.29, 0.717) is 31.1 Å². The monoisotopic (exact) mass is 281 g/mol. The molecule has 0 fully saturated rings. The van der Waals surface area contributed by atoms with Gasteiger partial charge in [-0.1, -0.05) is 11.2 Å². The van der Waals surface area contributed by atoms with Gasteiger partial charge >= 0.3 is 0 Å². The summed E-state index contributed by atoms with van der Waals surface area (Å²) < 4.78 is 10.5. The third kappa shape index (κ3) is 4.71. The molecule has 0 saturated heterocycles. The van der Waals surface area contributed by atoms with Crippen molar-refractivity contribution in [3.8, 4) is 5.75 Å². The van der Waals surface area contributed by atoms with E-state index in [4.69, 9.17) is 20.4 Å². The van der Waals surface area contributed by atoms with Crippen molar-refractivity contribution in [2.24, 2.45) is 10.9 Å². The van der Waals surface area contributed by atoms with Gasteiger partial charge in [0.15, 0.2) is 5.84 Å². The molecule has 0 aliphatic rings. The SMILES string of the molecule is CCOCC(C)NCc1ccc(OC)c(C(N)=NO)c1. The molecule has 20 heavy (non-hydrogen) atoms. The number of hydrogen-bond donors (Lipinski definition) is 3. The van der Waals surface area contributed by atoms with Crippen LogP contribution in [0.25, 0.3) is 0 Å². The van der Waals surface area contributed by atoms with E-state index in [1.54, 1.807) is 13.2 Å². The predicted octanol–water partition coefficient (Wildman–Crippen LogP) is 1.30. The van der Waals surface area contributed by atoms with E-state index < -0.39 is 0 Å². The Labute approximate surface area is 119 Å². The molecule has 1 atom stereocenters. The summed E-state index contributed by atoms with van der Waals surface area (Å²) in [6.07, 6.45) is 0. The van der Waals surface area contributed by atoms with Crippen molar-refractivity contribution in [1.82, 2.24) is 5.32 Å². The molecular formula is C14H23N3O3. The molecule has 0 aromatic heterocycles. The van der Waals surface area contributed by atoms with Gasteiger partial charge < -0.3 is 25.7 Å². The summed E-state index contributed by atoms with van der Waals surface area (Å²) >= 11 is 0. The van der Waals surface area contributed by atoms with Gasteiger partial charge in [0.2, 0.25) is 0 Å². The van der Waals surface area contributed by atoms with Gasteiger partial charge in [-0.3, -0.25) is 0 Å². The molecule has 0 amide bonds. The van der Waals surface area contributed by atoms with Gasteiger partial charge in [0.25, 0.3) is 0 Å². The molecule has 112 valence electrons. The fraction of sp³-hybridized carbons (Fsp3) is 0.500. The van der Waals surface area contributed by atoms with Crippen LogP contribution in [-0.4, -0.2) is 37.4 Å². The van der Waals surface area contributed by atoms with Crippen molar-refractivity contribution in [3.05, 3.63) is 29.3 Å². The van der Waals surface area contributed by atoms with Crippen molar-refractivity contribution in [2.75, 3.05) is 20.3 Å². The number of methoxy groups -OCH3 is 1. The summed E-state index contributed by atoms with van der Waals surface area (Å²) in [6, 6.07) is 5.84. The Morgan fingerprint density at radius 2 is 2.25 bits per heavy atom. The van der Waals surface area contributed by atoms with Crippen LogP contribution in [0, 0.1) is 0 Å². The van der Waals surface area contributed by atoms with Gasteiger partial charge in [0, 0.05) is 19.2 Å². The Bertz CT molecular complexity index is 449. The van der Waals surface area contributed by atoms with Crippen LogP contribution in [0.1, 0.15) is 25.0 Å². The summed E-state index contributed by atoms with van der Waals surface area (Å²) in [5, 5.41) is 15.2. The van der Waals surface area contributed by atoms with Gasteiger partial charge in [-0.05, 0) is 31.5 Å². The first kappa shape index (κ1) is 16.3. The summed E-state index contributed by atoms with van der Waals surface area (Å²) in [7, 11) is 1.55. The summed E-state index contributed by atoms with van der Waals surface area (Å²) in [5.41, 5.74) is 7.24. The maximum Gasteiger partial charge on any atom is 0.173 e. The van der Waals surface area contributed by atoms with Crippen LogP contribution in [0.5, 0.6) is 5.75 Å². The van der Waals surface area contributed by atoms with Crippen LogP contribution in [0.4, 0.5) is 0 Å². The van der Waals surface area contributed by atoms with E-state index in [2.05, 4.69) is 17.4 Å². The quantitative estimate of drug-likeness (QED) is 0.289. The second-order valence-corrected chi connectivity index (χ2v) is 4.46. The Kier molecular flexibility index (Phi) is 6.83. The highest BCUT2D eigenvalue weighted by Crippen LogP contribution is 2.19. The molecule has 0 bridgehead atoms. The molecule has 1 unspecified atom stereocenters. The topological polar surface area (TPSA) is 89.1 Å². The molecule has 0 spiro atoms. The molecule has 1 aromatic carbocycles. The second kappa shape index (κ2) is 8.39. The highest BCUT2D eigenvalue weighted by Gasteiger charge is 2.09. The van der Waals surface area contributed by atoms with Crippen LogP contribution in [0.3, 0.4) is 0 Å². The molecule has 6 nitrogen and oxygen atoms in total. The normalized spacial score (nSPS) is 13.2. The number of amidine groups is 1. The van der Waals surface area contributed by atoms with Crippen molar-refractivity contribution < 1.29 is 14.7 Å². The standard InChI is InChI=1S/C14H23N3O3/c1-4-20-9-10(2)16-8-11-5-6-13(19-3)12(7-11)14(15)17-18/h5-7,10,16,18H,4,8-9H2,1-3H3,(H2,15,17). The van der Waals surface area contributed by atoms with Gasteiger partial charge in [-0.15, -0.1) is 0 Å². The van der Waals surface area contributed by atoms with Crippen LogP contribution in [0.2, 0.25) is 0 Å². The summed E-state index contributed by atoms with van der Waals surface area (Å²) in [6.45, 7) is 6.08. The molecular weight excluding hydrogens is 258 g/mol. The predicted molar refractivity (Wildman–Crippen MR) is 78.3 cm³/mol. The number of rotatable bonds is 8. The maximum absolute atomic E-state index is 8.79. The molecule has 0 aliphatic heterocycles. The van der Waals surface area contributed by atoms with Crippen LogP contribution < -0.4 is 15.8 Å². The van der Waals surface area contributed by atoms with E-state index >= 15 is 0 Å². The highest BCUT2D eigenvalue weighted by molar-refractivity contribution is 5.99. The number of hydrogen-bond acceptors (Lipinski definition) is 5. The second-order valence-electron chi connectivity index (χ2n) is 4.46. The minimum atomic E-state index is 0.0334. The molecule has 1 rings (SSSR count). The average Bonchev–Trinajstić information content (AvgIpc) is 2.49. The first-order chi connectivity index (χ1) is 9.62. The molecule has 1 aromatic rings.